The van der Waals surface area contributed by atoms with Gasteiger partial charge in [-0.2, -0.15) is 0 Å². The molecule has 5 rings (SSSR count). The van der Waals surface area contributed by atoms with Crippen molar-refractivity contribution >= 4 is 23.1 Å². The van der Waals surface area contributed by atoms with Gasteiger partial charge in [-0.3, -0.25) is 4.98 Å². The summed E-state index contributed by atoms with van der Waals surface area (Å²) in [6.07, 6.45) is 4.29. The Labute approximate surface area is 165 Å². The van der Waals surface area contributed by atoms with Crippen molar-refractivity contribution < 1.29 is 24.8 Å². The van der Waals surface area contributed by atoms with Crippen molar-refractivity contribution in [1.29, 1.82) is 0 Å². The van der Waals surface area contributed by atoms with Crippen LogP contribution in [0.25, 0.3) is 34.3 Å². The Hall–Kier alpha value is -2.74. The van der Waals surface area contributed by atoms with Crippen molar-refractivity contribution in [2.45, 2.75) is 0 Å². The van der Waals surface area contributed by atoms with E-state index in [4.69, 9.17) is 9.72 Å². The quantitative estimate of drug-likeness (QED) is 0.278. The summed E-state index contributed by atoms with van der Waals surface area (Å²) in [4.78, 5) is 4.83. The van der Waals surface area contributed by atoms with Crippen LogP contribution in [0, 0.1) is 6.07 Å². The van der Waals surface area contributed by atoms with Gasteiger partial charge < -0.3 is 4.74 Å². The molecule has 1 aromatic heterocycles. The van der Waals surface area contributed by atoms with Crippen LogP contribution in [0.4, 0.5) is 0 Å². The molecular weight excluding hydrogens is 498 g/mol. The fourth-order valence-electron chi connectivity index (χ4n) is 3.22. The van der Waals surface area contributed by atoms with Crippen LogP contribution in [0.2, 0.25) is 0 Å². The molecule has 127 valence electrons. The minimum absolute atomic E-state index is 0. The Kier molecular flexibility index (Phi) is 4.42. The van der Waals surface area contributed by atoms with E-state index in [1.54, 1.807) is 0 Å². The summed E-state index contributed by atoms with van der Waals surface area (Å²) >= 11 is 0. The van der Waals surface area contributed by atoms with Gasteiger partial charge in [-0.15, -0.1) is 29.8 Å². The first-order valence-electron chi connectivity index (χ1n) is 8.24. The van der Waals surface area contributed by atoms with Gasteiger partial charge in [0.2, 0.25) is 0 Å². The van der Waals surface area contributed by atoms with E-state index in [9.17, 15) is 0 Å². The largest absolute Gasteiger partial charge is 0.477 e. The number of aromatic nitrogens is 1. The molecule has 0 atom stereocenters. The van der Waals surface area contributed by atoms with Crippen LogP contribution in [0.3, 0.4) is 0 Å². The summed E-state index contributed by atoms with van der Waals surface area (Å²) in [7, 11) is 0. The van der Waals surface area contributed by atoms with Gasteiger partial charge in [0.15, 0.2) is 0 Å². The number of hydrogen-bond donors (Lipinski definition) is 0. The molecule has 0 aliphatic heterocycles. The zero-order valence-corrected chi connectivity index (χ0v) is 16.2. The molecule has 3 aromatic carbocycles. The van der Waals surface area contributed by atoms with Crippen LogP contribution in [0.5, 0.6) is 11.5 Å². The van der Waals surface area contributed by atoms with Gasteiger partial charge in [-0.05, 0) is 35.0 Å². The van der Waals surface area contributed by atoms with Gasteiger partial charge in [-0.1, -0.05) is 48.6 Å². The van der Waals surface area contributed by atoms with Crippen LogP contribution in [0.1, 0.15) is 11.1 Å². The molecule has 1 heterocycles. The van der Waals surface area contributed by atoms with Crippen molar-refractivity contribution in [2.75, 3.05) is 0 Å². The third-order valence-electron chi connectivity index (χ3n) is 4.37. The summed E-state index contributed by atoms with van der Waals surface area (Å²) in [5.74, 6) is 1.60. The first-order chi connectivity index (χ1) is 12.4. The van der Waals surface area contributed by atoms with Crippen LogP contribution in [0.15, 0.2) is 72.8 Å². The molecule has 0 unspecified atom stereocenters. The van der Waals surface area contributed by atoms with Gasteiger partial charge in [0.05, 0.1) is 5.52 Å². The van der Waals surface area contributed by atoms with E-state index < -0.39 is 0 Å². The average Bonchev–Trinajstić information content (AvgIpc) is 3.08. The van der Waals surface area contributed by atoms with E-state index in [0.29, 0.717) is 0 Å². The molecule has 1 aliphatic carbocycles. The molecule has 2 nitrogen and oxygen atoms in total. The average molecular weight is 513 g/mol. The molecule has 0 saturated carbocycles. The SMILES string of the molecule is [Ir].[c-]1ccc(Oc2ccccc2)cc1-c1cc2c3c(cccc3n1)C=C2. The molecular formula is C23H14IrNO-. The zero-order chi connectivity index (χ0) is 16.6. The molecule has 0 fully saturated rings. The monoisotopic (exact) mass is 513 g/mol. The topological polar surface area (TPSA) is 22.1 Å². The fourth-order valence-corrected chi connectivity index (χ4v) is 3.22. The van der Waals surface area contributed by atoms with Crippen LogP contribution < -0.4 is 4.74 Å². The maximum atomic E-state index is 5.93. The number of rotatable bonds is 3. The minimum Gasteiger partial charge on any atom is -0.477 e. The second-order valence-electron chi connectivity index (χ2n) is 6.02. The van der Waals surface area contributed by atoms with E-state index in [0.717, 1.165) is 28.3 Å². The van der Waals surface area contributed by atoms with E-state index in [2.05, 4.69) is 36.4 Å². The minimum atomic E-state index is 0. The Morgan fingerprint density at radius 1 is 0.769 bits per heavy atom. The van der Waals surface area contributed by atoms with E-state index in [1.807, 2.05) is 54.6 Å². The molecule has 0 amide bonds. The third-order valence-corrected chi connectivity index (χ3v) is 4.37. The third kappa shape index (κ3) is 2.96. The van der Waals surface area contributed by atoms with Gasteiger partial charge in [0, 0.05) is 31.2 Å². The molecule has 1 aliphatic rings. The van der Waals surface area contributed by atoms with Crippen molar-refractivity contribution in [2.24, 2.45) is 0 Å². The zero-order valence-electron chi connectivity index (χ0n) is 13.8. The molecule has 3 heteroatoms. The molecule has 0 bridgehead atoms. The molecule has 0 N–H and O–H groups in total. The summed E-state index contributed by atoms with van der Waals surface area (Å²) < 4.78 is 5.93. The molecule has 0 saturated heterocycles. The Morgan fingerprint density at radius 2 is 1.62 bits per heavy atom. The van der Waals surface area contributed by atoms with Gasteiger partial charge in [0.25, 0.3) is 0 Å². The number of hydrogen-bond acceptors (Lipinski definition) is 2. The molecule has 4 aromatic rings. The summed E-state index contributed by atoms with van der Waals surface area (Å²) in [6.45, 7) is 0. The predicted octanol–water partition coefficient (Wildman–Crippen LogP) is 5.98. The Balaban J connectivity index is 0.00000168. The van der Waals surface area contributed by atoms with Crippen LogP contribution in [-0.2, 0) is 20.1 Å². The van der Waals surface area contributed by atoms with Crippen LogP contribution >= 0.6 is 0 Å². The van der Waals surface area contributed by atoms with Crippen LogP contribution in [-0.4, -0.2) is 4.98 Å². The molecule has 26 heavy (non-hydrogen) atoms. The molecule has 1 radical (unpaired) electrons. The smallest absolute Gasteiger partial charge is 0.124 e. The van der Waals surface area contributed by atoms with Crippen molar-refractivity contribution in [3.05, 3.63) is 90.0 Å². The summed E-state index contributed by atoms with van der Waals surface area (Å²) in [5, 5.41) is 1.22. The number of nitrogens with zero attached hydrogens (tertiary/aromatic N) is 1. The van der Waals surface area contributed by atoms with Gasteiger partial charge in [-0.25, -0.2) is 0 Å². The maximum absolute atomic E-state index is 5.93. The van der Waals surface area contributed by atoms with Gasteiger partial charge in [0.1, 0.15) is 5.75 Å². The standard InChI is InChI=1S/C23H14NO.Ir/c1-2-8-19(9-3-1)25-20-10-4-7-17(14-20)22-15-18-13-12-16-6-5-11-21(24-22)23(16)18;/h1-6,8-15H;/q-1;. The summed E-state index contributed by atoms with van der Waals surface area (Å²) in [6, 6.07) is 27.2. The number of pyridine rings is 1. The van der Waals surface area contributed by atoms with Crippen molar-refractivity contribution in [3.63, 3.8) is 0 Å². The fraction of sp³-hybridized carbons (Fsp3) is 0. The van der Waals surface area contributed by atoms with E-state index in [-0.39, 0.29) is 20.1 Å². The van der Waals surface area contributed by atoms with Crippen molar-refractivity contribution in [1.82, 2.24) is 4.98 Å². The predicted molar refractivity (Wildman–Crippen MR) is 101 cm³/mol. The number of para-hydroxylation sites is 1. The first-order valence-corrected chi connectivity index (χ1v) is 8.24. The maximum Gasteiger partial charge on any atom is 0.124 e. The van der Waals surface area contributed by atoms with E-state index in [1.165, 1.54) is 16.5 Å². The number of ether oxygens (including phenoxy) is 1. The Morgan fingerprint density at radius 3 is 2.50 bits per heavy atom. The molecule has 0 spiro atoms. The second-order valence-corrected chi connectivity index (χ2v) is 6.02. The second kappa shape index (κ2) is 6.87. The van der Waals surface area contributed by atoms with Gasteiger partial charge >= 0.3 is 0 Å². The summed E-state index contributed by atoms with van der Waals surface area (Å²) in [5.41, 5.74) is 5.29. The Bertz CT molecular complexity index is 1120. The normalized spacial score (nSPS) is 11.4. The van der Waals surface area contributed by atoms with E-state index >= 15 is 0 Å². The number of benzene rings is 3. The van der Waals surface area contributed by atoms with Crippen molar-refractivity contribution in [3.8, 4) is 22.8 Å². The first kappa shape index (κ1) is 16.7.